The Morgan fingerprint density at radius 1 is 1.53 bits per heavy atom. The van der Waals surface area contributed by atoms with Gasteiger partial charge in [-0.15, -0.1) is 0 Å². The second-order valence-electron chi connectivity index (χ2n) is 4.51. The third-order valence-electron chi connectivity index (χ3n) is 3.51. The number of carbonyl (C=O) groups is 1. The Morgan fingerprint density at radius 2 is 2.41 bits per heavy atom. The van der Waals surface area contributed by atoms with E-state index in [4.69, 9.17) is 4.74 Å². The van der Waals surface area contributed by atoms with Crippen molar-refractivity contribution in [2.45, 2.75) is 31.6 Å². The van der Waals surface area contributed by atoms with E-state index in [1.165, 1.54) is 24.0 Å². The first-order valence-electron chi connectivity index (χ1n) is 6.19. The molecule has 0 aromatic heterocycles. The maximum Gasteiger partial charge on any atom is 0.207 e. The van der Waals surface area contributed by atoms with Crippen LogP contribution < -0.4 is 10.1 Å². The van der Waals surface area contributed by atoms with E-state index in [-0.39, 0.29) is 0 Å². The average molecular weight is 233 g/mol. The highest BCUT2D eigenvalue weighted by Crippen LogP contribution is 2.35. The van der Waals surface area contributed by atoms with Gasteiger partial charge in [-0.3, -0.25) is 4.79 Å². The molecular weight excluding hydrogens is 214 g/mol. The van der Waals surface area contributed by atoms with Gasteiger partial charge in [0.15, 0.2) is 0 Å². The molecule has 0 saturated heterocycles. The number of methoxy groups -OCH3 is 1. The Kier molecular flexibility index (Phi) is 4.02. The third kappa shape index (κ3) is 2.78. The van der Waals surface area contributed by atoms with Gasteiger partial charge in [-0.25, -0.2) is 0 Å². The number of benzene rings is 1. The maximum atomic E-state index is 10.3. The highest BCUT2D eigenvalue weighted by Gasteiger charge is 2.20. The zero-order chi connectivity index (χ0) is 12.1. The van der Waals surface area contributed by atoms with Gasteiger partial charge in [-0.2, -0.15) is 0 Å². The molecule has 1 aliphatic rings. The van der Waals surface area contributed by atoms with Gasteiger partial charge in [-0.05, 0) is 54.9 Å². The minimum Gasteiger partial charge on any atom is -0.497 e. The predicted octanol–water partition coefficient (Wildman–Crippen LogP) is 2.25. The van der Waals surface area contributed by atoms with Gasteiger partial charge >= 0.3 is 0 Å². The molecular formula is C14H19NO2. The van der Waals surface area contributed by atoms with E-state index in [1.807, 2.05) is 6.07 Å². The summed E-state index contributed by atoms with van der Waals surface area (Å²) in [6.45, 7) is 0.755. The van der Waals surface area contributed by atoms with Crippen LogP contribution in [0.25, 0.3) is 0 Å². The van der Waals surface area contributed by atoms with Crippen molar-refractivity contribution in [2.75, 3.05) is 13.7 Å². The van der Waals surface area contributed by atoms with Gasteiger partial charge in [0.2, 0.25) is 6.41 Å². The number of fused-ring (bicyclic) bond motifs is 1. The summed E-state index contributed by atoms with van der Waals surface area (Å²) in [6.07, 6.45) is 5.40. The Bertz CT molecular complexity index is 390. The van der Waals surface area contributed by atoms with Crippen LogP contribution in [0.1, 0.15) is 36.3 Å². The Labute approximate surface area is 102 Å². The number of nitrogens with one attached hydrogen (secondary N) is 1. The predicted molar refractivity (Wildman–Crippen MR) is 67.4 cm³/mol. The van der Waals surface area contributed by atoms with Crippen molar-refractivity contribution >= 4 is 6.41 Å². The lowest BCUT2D eigenvalue weighted by Gasteiger charge is -2.25. The zero-order valence-corrected chi connectivity index (χ0v) is 10.2. The summed E-state index contributed by atoms with van der Waals surface area (Å²) >= 11 is 0. The SMILES string of the molecule is COc1ccc2c(c1)[C@@H](CCNC=O)CCC2. The molecule has 17 heavy (non-hydrogen) atoms. The molecule has 0 bridgehead atoms. The number of amides is 1. The summed E-state index contributed by atoms with van der Waals surface area (Å²) in [5, 5.41) is 2.74. The van der Waals surface area contributed by atoms with Crippen LogP contribution in [0, 0.1) is 0 Å². The van der Waals surface area contributed by atoms with Crippen molar-refractivity contribution < 1.29 is 9.53 Å². The van der Waals surface area contributed by atoms with E-state index in [9.17, 15) is 4.79 Å². The molecule has 0 aliphatic heterocycles. The first kappa shape index (κ1) is 12.0. The van der Waals surface area contributed by atoms with Crippen molar-refractivity contribution in [3.63, 3.8) is 0 Å². The molecule has 0 fully saturated rings. The number of ether oxygens (including phenoxy) is 1. The Balaban J connectivity index is 2.13. The molecule has 3 nitrogen and oxygen atoms in total. The fourth-order valence-electron chi connectivity index (χ4n) is 2.62. The fourth-order valence-corrected chi connectivity index (χ4v) is 2.62. The summed E-state index contributed by atoms with van der Waals surface area (Å²) < 4.78 is 5.28. The van der Waals surface area contributed by atoms with Gasteiger partial charge < -0.3 is 10.1 Å². The van der Waals surface area contributed by atoms with Crippen LogP contribution in [-0.2, 0) is 11.2 Å². The highest BCUT2D eigenvalue weighted by atomic mass is 16.5. The van der Waals surface area contributed by atoms with Gasteiger partial charge in [0, 0.05) is 6.54 Å². The van der Waals surface area contributed by atoms with E-state index >= 15 is 0 Å². The molecule has 0 unspecified atom stereocenters. The van der Waals surface area contributed by atoms with Gasteiger partial charge in [-0.1, -0.05) is 6.07 Å². The third-order valence-corrected chi connectivity index (χ3v) is 3.51. The second-order valence-corrected chi connectivity index (χ2v) is 4.51. The smallest absolute Gasteiger partial charge is 0.207 e. The lowest BCUT2D eigenvalue weighted by atomic mass is 9.81. The van der Waals surface area contributed by atoms with Crippen molar-refractivity contribution in [3.05, 3.63) is 29.3 Å². The van der Waals surface area contributed by atoms with Gasteiger partial charge in [0.25, 0.3) is 0 Å². The first-order chi connectivity index (χ1) is 8.35. The normalized spacial score (nSPS) is 18.3. The average Bonchev–Trinajstić information content (AvgIpc) is 2.39. The molecule has 0 radical (unpaired) electrons. The van der Waals surface area contributed by atoms with Crippen LogP contribution in [0.4, 0.5) is 0 Å². The summed E-state index contributed by atoms with van der Waals surface area (Å²) in [4.78, 5) is 10.3. The number of aryl methyl sites for hydroxylation is 1. The minimum absolute atomic E-state index is 0.557. The van der Waals surface area contributed by atoms with Gasteiger partial charge in [0.05, 0.1) is 7.11 Å². The Hall–Kier alpha value is -1.51. The van der Waals surface area contributed by atoms with Crippen molar-refractivity contribution in [1.82, 2.24) is 5.32 Å². The van der Waals surface area contributed by atoms with Crippen molar-refractivity contribution in [3.8, 4) is 5.75 Å². The number of carbonyl (C=O) groups excluding carboxylic acids is 1. The Morgan fingerprint density at radius 3 is 3.18 bits per heavy atom. The largest absolute Gasteiger partial charge is 0.497 e. The van der Waals surface area contributed by atoms with Crippen LogP contribution in [0.15, 0.2) is 18.2 Å². The standard InChI is InChI=1S/C14H19NO2/c1-17-13-6-5-11-3-2-4-12(14(11)9-13)7-8-15-10-16/h5-6,9-10,12H,2-4,7-8H2,1H3,(H,15,16)/t12-/m1/s1. The van der Waals surface area contributed by atoms with Crippen LogP contribution in [0.5, 0.6) is 5.75 Å². The van der Waals surface area contributed by atoms with E-state index in [0.29, 0.717) is 5.92 Å². The zero-order valence-electron chi connectivity index (χ0n) is 10.2. The van der Waals surface area contributed by atoms with Crippen molar-refractivity contribution in [2.24, 2.45) is 0 Å². The summed E-state index contributed by atoms with van der Waals surface area (Å²) in [6, 6.07) is 6.36. The van der Waals surface area contributed by atoms with Crippen LogP contribution in [-0.4, -0.2) is 20.1 Å². The molecule has 1 aliphatic carbocycles. The minimum atomic E-state index is 0.557. The topological polar surface area (TPSA) is 38.3 Å². The molecule has 3 heteroatoms. The van der Waals surface area contributed by atoms with Gasteiger partial charge in [0.1, 0.15) is 5.75 Å². The van der Waals surface area contributed by atoms with E-state index < -0.39 is 0 Å². The lowest BCUT2D eigenvalue weighted by molar-refractivity contribution is -0.109. The molecule has 2 rings (SSSR count). The molecule has 0 spiro atoms. The molecule has 0 heterocycles. The first-order valence-corrected chi connectivity index (χ1v) is 6.19. The number of hydrogen-bond acceptors (Lipinski definition) is 2. The molecule has 1 aromatic rings. The molecule has 1 atom stereocenters. The van der Waals surface area contributed by atoms with Crippen LogP contribution in [0.2, 0.25) is 0 Å². The summed E-state index contributed by atoms with van der Waals surface area (Å²) in [7, 11) is 1.70. The quantitative estimate of drug-likeness (QED) is 0.625. The number of hydrogen-bond donors (Lipinski definition) is 1. The fraction of sp³-hybridized carbons (Fsp3) is 0.500. The molecule has 1 N–H and O–H groups in total. The molecule has 1 aromatic carbocycles. The molecule has 1 amide bonds. The van der Waals surface area contributed by atoms with Crippen LogP contribution in [0.3, 0.4) is 0 Å². The second kappa shape index (κ2) is 5.71. The van der Waals surface area contributed by atoms with E-state index in [1.54, 1.807) is 7.11 Å². The summed E-state index contributed by atoms with van der Waals surface area (Å²) in [5.41, 5.74) is 2.84. The van der Waals surface area contributed by atoms with E-state index in [2.05, 4.69) is 17.4 Å². The number of rotatable bonds is 5. The van der Waals surface area contributed by atoms with Crippen molar-refractivity contribution in [1.29, 1.82) is 0 Å². The lowest BCUT2D eigenvalue weighted by Crippen LogP contribution is -2.18. The molecule has 0 saturated carbocycles. The molecule has 92 valence electrons. The monoisotopic (exact) mass is 233 g/mol. The summed E-state index contributed by atoms with van der Waals surface area (Å²) in [5.74, 6) is 1.49. The highest BCUT2D eigenvalue weighted by molar-refractivity contribution is 5.46. The van der Waals surface area contributed by atoms with Crippen LogP contribution >= 0.6 is 0 Å². The van der Waals surface area contributed by atoms with E-state index in [0.717, 1.165) is 31.5 Å². The maximum absolute atomic E-state index is 10.3.